The lowest BCUT2D eigenvalue weighted by Gasteiger charge is -2.10. The fraction of sp³-hybridized carbons (Fsp3) is 0.125. The Morgan fingerprint density at radius 2 is 1.76 bits per heavy atom. The molecule has 0 aromatic heterocycles. The van der Waals surface area contributed by atoms with Crippen molar-refractivity contribution in [3.63, 3.8) is 0 Å². The molecular weight excluding hydrogens is 340 g/mol. The average Bonchev–Trinajstić information content (AvgIpc) is 2.45. The molecule has 2 rings (SSSR count). The number of halogens is 3. The summed E-state index contributed by atoms with van der Waals surface area (Å²) in [4.78, 5) is 0. The van der Waals surface area contributed by atoms with Crippen molar-refractivity contribution in [2.24, 2.45) is 0 Å². The Hall–Kier alpha value is -1.88. The Bertz CT molecular complexity index is 606. The highest BCUT2D eigenvalue weighted by Gasteiger charge is 2.10. The minimum atomic E-state index is -0.632. The van der Waals surface area contributed by atoms with Gasteiger partial charge in [0.2, 0.25) is 0 Å². The third-order valence-electron chi connectivity index (χ3n) is 2.77. The SMILES string of the molecule is C=CCOc1ccc(CNc2c(F)cc(Br)cc2F)cc1. The van der Waals surface area contributed by atoms with Crippen LogP contribution in [0.3, 0.4) is 0 Å². The van der Waals surface area contributed by atoms with Crippen molar-refractivity contribution in [3.05, 3.63) is 70.7 Å². The van der Waals surface area contributed by atoms with E-state index in [9.17, 15) is 8.78 Å². The Kier molecular flexibility index (Phi) is 5.33. The maximum atomic E-state index is 13.7. The largest absolute Gasteiger partial charge is 0.490 e. The Balaban J connectivity index is 2.01. The lowest BCUT2D eigenvalue weighted by molar-refractivity contribution is 0.363. The molecule has 0 unspecified atom stereocenters. The first-order chi connectivity index (χ1) is 10.1. The molecule has 2 aromatic rings. The Morgan fingerprint density at radius 3 is 2.33 bits per heavy atom. The van der Waals surface area contributed by atoms with Crippen LogP contribution in [0, 0.1) is 11.6 Å². The van der Waals surface area contributed by atoms with Crippen molar-refractivity contribution >= 4 is 21.6 Å². The molecular formula is C16H14BrF2NO. The number of rotatable bonds is 6. The van der Waals surface area contributed by atoms with Crippen LogP contribution in [0.2, 0.25) is 0 Å². The molecule has 1 N–H and O–H groups in total. The summed E-state index contributed by atoms with van der Waals surface area (Å²) < 4.78 is 33.0. The van der Waals surface area contributed by atoms with Crippen LogP contribution in [0.4, 0.5) is 14.5 Å². The van der Waals surface area contributed by atoms with Crippen LogP contribution < -0.4 is 10.1 Å². The van der Waals surface area contributed by atoms with E-state index in [0.717, 1.165) is 11.3 Å². The van der Waals surface area contributed by atoms with Crippen LogP contribution >= 0.6 is 15.9 Å². The van der Waals surface area contributed by atoms with E-state index in [2.05, 4.69) is 27.8 Å². The number of hydrogen-bond donors (Lipinski definition) is 1. The average molecular weight is 354 g/mol. The third-order valence-corrected chi connectivity index (χ3v) is 3.23. The summed E-state index contributed by atoms with van der Waals surface area (Å²) in [6.45, 7) is 4.32. The highest BCUT2D eigenvalue weighted by Crippen LogP contribution is 2.24. The van der Waals surface area contributed by atoms with E-state index in [-0.39, 0.29) is 5.69 Å². The monoisotopic (exact) mass is 353 g/mol. The summed E-state index contributed by atoms with van der Waals surface area (Å²) in [6, 6.07) is 9.71. The molecule has 2 nitrogen and oxygen atoms in total. The number of anilines is 1. The Labute approximate surface area is 130 Å². The predicted octanol–water partition coefficient (Wildman–Crippen LogP) is 4.90. The van der Waals surface area contributed by atoms with E-state index in [1.54, 1.807) is 18.2 Å². The molecule has 0 atom stereocenters. The van der Waals surface area contributed by atoms with Gasteiger partial charge in [0.1, 0.15) is 29.7 Å². The maximum absolute atomic E-state index is 13.7. The molecule has 0 bridgehead atoms. The van der Waals surface area contributed by atoms with Crippen LogP contribution in [-0.2, 0) is 6.54 Å². The molecule has 2 aromatic carbocycles. The van der Waals surface area contributed by atoms with E-state index in [4.69, 9.17) is 4.74 Å². The molecule has 0 heterocycles. The summed E-state index contributed by atoms with van der Waals surface area (Å²) >= 11 is 3.04. The van der Waals surface area contributed by atoms with Crippen molar-refractivity contribution in [2.75, 3.05) is 11.9 Å². The molecule has 0 aliphatic heterocycles. The molecule has 0 aliphatic carbocycles. The van der Waals surface area contributed by atoms with Crippen molar-refractivity contribution in [1.82, 2.24) is 0 Å². The van der Waals surface area contributed by atoms with E-state index < -0.39 is 11.6 Å². The van der Waals surface area contributed by atoms with Crippen molar-refractivity contribution in [3.8, 4) is 5.75 Å². The van der Waals surface area contributed by atoms with Crippen molar-refractivity contribution in [2.45, 2.75) is 6.54 Å². The third kappa shape index (κ3) is 4.29. The lowest BCUT2D eigenvalue weighted by atomic mass is 10.2. The van der Waals surface area contributed by atoms with Crippen LogP contribution in [0.25, 0.3) is 0 Å². The number of nitrogens with one attached hydrogen (secondary N) is 1. The predicted molar refractivity (Wildman–Crippen MR) is 83.5 cm³/mol. The first kappa shape index (κ1) is 15.5. The molecule has 0 saturated heterocycles. The zero-order chi connectivity index (χ0) is 15.2. The number of ether oxygens (including phenoxy) is 1. The van der Waals surface area contributed by atoms with Gasteiger partial charge < -0.3 is 10.1 Å². The molecule has 110 valence electrons. The molecule has 0 fully saturated rings. The number of benzene rings is 2. The molecule has 0 spiro atoms. The van der Waals surface area contributed by atoms with Crippen LogP contribution in [0.5, 0.6) is 5.75 Å². The number of hydrogen-bond acceptors (Lipinski definition) is 2. The Morgan fingerprint density at radius 1 is 1.14 bits per heavy atom. The zero-order valence-corrected chi connectivity index (χ0v) is 12.8. The summed E-state index contributed by atoms with van der Waals surface area (Å²) in [7, 11) is 0. The van der Waals surface area contributed by atoms with Crippen LogP contribution in [0.1, 0.15) is 5.56 Å². The summed E-state index contributed by atoms with van der Waals surface area (Å²) in [5.74, 6) is -0.541. The van der Waals surface area contributed by atoms with Gasteiger partial charge >= 0.3 is 0 Å². The minimum absolute atomic E-state index is 0.134. The highest BCUT2D eigenvalue weighted by molar-refractivity contribution is 9.10. The lowest BCUT2D eigenvalue weighted by Crippen LogP contribution is -2.04. The van der Waals surface area contributed by atoms with Gasteiger partial charge in [-0.05, 0) is 29.8 Å². The van der Waals surface area contributed by atoms with E-state index in [1.165, 1.54) is 12.1 Å². The zero-order valence-electron chi connectivity index (χ0n) is 11.2. The van der Waals surface area contributed by atoms with Gasteiger partial charge in [-0.1, -0.05) is 40.7 Å². The van der Waals surface area contributed by atoms with Gasteiger partial charge in [-0.25, -0.2) is 8.78 Å². The van der Waals surface area contributed by atoms with E-state index in [0.29, 0.717) is 17.6 Å². The highest BCUT2D eigenvalue weighted by atomic mass is 79.9. The second-order valence-electron chi connectivity index (χ2n) is 4.34. The molecule has 0 radical (unpaired) electrons. The van der Waals surface area contributed by atoms with E-state index in [1.807, 2.05) is 12.1 Å². The molecule has 0 saturated carbocycles. The molecule has 5 heteroatoms. The molecule has 0 aliphatic rings. The van der Waals surface area contributed by atoms with Crippen molar-refractivity contribution in [1.29, 1.82) is 0 Å². The van der Waals surface area contributed by atoms with Gasteiger partial charge in [-0.3, -0.25) is 0 Å². The first-order valence-corrected chi connectivity index (χ1v) is 7.10. The fourth-order valence-corrected chi connectivity index (χ4v) is 2.16. The smallest absolute Gasteiger partial charge is 0.150 e. The first-order valence-electron chi connectivity index (χ1n) is 6.31. The second-order valence-corrected chi connectivity index (χ2v) is 5.26. The van der Waals surface area contributed by atoms with Gasteiger partial charge in [0.15, 0.2) is 0 Å². The molecule has 21 heavy (non-hydrogen) atoms. The maximum Gasteiger partial charge on any atom is 0.150 e. The molecule has 0 amide bonds. The van der Waals surface area contributed by atoms with Crippen LogP contribution in [0.15, 0.2) is 53.5 Å². The normalized spacial score (nSPS) is 10.2. The quantitative estimate of drug-likeness (QED) is 0.745. The van der Waals surface area contributed by atoms with Gasteiger partial charge in [-0.2, -0.15) is 0 Å². The fourth-order valence-electron chi connectivity index (χ4n) is 1.76. The van der Waals surface area contributed by atoms with Gasteiger partial charge in [0.25, 0.3) is 0 Å². The van der Waals surface area contributed by atoms with Gasteiger partial charge in [0, 0.05) is 11.0 Å². The second kappa shape index (κ2) is 7.22. The topological polar surface area (TPSA) is 21.3 Å². The van der Waals surface area contributed by atoms with Gasteiger partial charge in [0.05, 0.1) is 0 Å². The van der Waals surface area contributed by atoms with E-state index >= 15 is 0 Å². The standard InChI is InChI=1S/C16H14BrF2NO/c1-2-7-21-13-5-3-11(4-6-13)10-20-16-14(18)8-12(17)9-15(16)19/h2-6,8-9,20H,1,7,10H2. The van der Waals surface area contributed by atoms with Crippen LogP contribution in [-0.4, -0.2) is 6.61 Å². The van der Waals surface area contributed by atoms with Crippen molar-refractivity contribution < 1.29 is 13.5 Å². The minimum Gasteiger partial charge on any atom is -0.490 e. The summed E-state index contributed by atoms with van der Waals surface area (Å²) in [5.41, 5.74) is 0.757. The van der Waals surface area contributed by atoms with Gasteiger partial charge in [-0.15, -0.1) is 0 Å². The summed E-state index contributed by atoms with van der Waals surface area (Å²) in [5, 5.41) is 2.76. The summed E-state index contributed by atoms with van der Waals surface area (Å²) in [6.07, 6.45) is 1.66.